The Bertz CT molecular complexity index is 324. The molecule has 1 aliphatic rings. The average molecular weight is 223 g/mol. The summed E-state index contributed by atoms with van der Waals surface area (Å²) in [6.07, 6.45) is 6.51. The lowest BCUT2D eigenvalue weighted by atomic mass is 9.97. The minimum Gasteiger partial charge on any atom is -0.376 e. The summed E-state index contributed by atoms with van der Waals surface area (Å²) in [6.45, 7) is 5.19. The first-order chi connectivity index (χ1) is 7.75. The van der Waals surface area contributed by atoms with Crippen molar-refractivity contribution in [3.63, 3.8) is 0 Å². The number of rotatable bonds is 4. The molecule has 16 heavy (non-hydrogen) atoms. The van der Waals surface area contributed by atoms with E-state index in [4.69, 9.17) is 4.74 Å². The van der Waals surface area contributed by atoms with Crippen LogP contribution in [0.5, 0.6) is 0 Å². The maximum atomic E-state index is 5.91. The second-order valence-corrected chi connectivity index (χ2v) is 4.65. The van der Waals surface area contributed by atoms with Crippen LogP contribution in [0.15, 0.2) is 12.4 Å². The third-order valence-electron chi connectivity index (χ3n) is 3.24. The molecule has 90 valence electrons. The topological polar surface area (TPSA) is 39.1 Å². The summed E-state index contributed by atoms with van der Waals surface area (Å²) in [7, 11) is 1.94. The second kappa shape index (κ2) is 5.46. The molecular weight excluding hydrogens is 202 g/mol. The van der Waals surface area contributed by atoms with Crippen LogP contribution in [0.4, 0.5) is 0 Å². The van der Waals surface area contributed by atoms with Gasteiger partial charge in [0.15, 0.2) is 0 Å². The molecule has 4 nitrogen and oxygen atoms in total. The van der Waals surface area contributed by atoms with Crippen molar-refractivity contribution < 1.29 is 4.74 Å². The molecule has 1 fully saturated rings. The zero-order valence-electron chi connectivity index (χ0n) is 10.1. The molecule has 4 heteroatoms. The molecule has 1 aliphatic heterocycles. The number of aryl methyl sites for hydroxylation is 1. The molecule has 2 atom stereocenters. The van der Waals surface area contributed by atoms with Gasteiger partial charge in [-0.1, -0.05) is 6.92 Å². The van der Waals surface area contributed by atoms with E-state index >= 15 is 0 Å². The highest BCUT2D eigenvalue weighted by Gasteiger charge is 2.21. The molecule has 1 saturated heterocycles. The van der Waals surface area contributed by atoms with E-state index in [-0.39, 0.29) is 0 Å². The Morgan fingerprint density at radius 1 is 1.62 bits per heavy atom. The minimum absolute atomic E-state index is 0.380. The highest BCUT2D eigenvalue weighted by Crippen LogP contribution is 2.14. The monoisotopic (exact) mass is 223 g/mol. The minimum atomic E-state index is 0.380. The van der Waals surface area contributed by atoms with Gasteiger partial charge in [0.25, 0.3) is 0 Å². The summed E-state index contributed by atoms with van der Waals surface area (Å²) < 4.78 is 7.74. The summed E-state index contributed by atoms with van der Waals surface area (Å²) in [5.41, 5.74) is 1.25. The fourth-order valence-corrected chi connectivity index (χ4v) is 2.11. The molecule has 1 aromatic rings. The molecule has 2 unspecified atom stereocenters. The molecule has 0 bridgehead atoms. The van der Waals surface area contributed by atoms with Crippen LogP contribution in [0.1, 0.15) is 18.9 Å². The Morgan fingerprint density at radius 2 is 2.50 bits per heavy atom. The number of nitrogens with one attached hydrogen (secondary N) is 1. The molecule has 0 spiro atoms. The van der Waals surface area contributed by atoms with E-state index in [1.807, 2.05) is 24.1 Å². The van der Waals surface area contributed by atoms with E-state index in [0.29, 0.717) is 12.0 Å². The van der Waals surface area contributed by atoms with E-state index in [1.165, 1.54) is 12.0 Å². The number of nitrogens with zero attached hydrogens (tertiary/aromatic N) is 2. The molecule has 0 saturated carbocycles. The molecule has 0 amide bonds. The van der Waals surface area contributed by atoms with E-state index < -0.39 is 0 Å². The van der Waals surface area contributed by atoms with Gasteiger partial charge in [-0.05, 0) is 30.9 Å². The zero-order valence-corrected chi connectivity index (χ0v) is 10.1. The van der Waals surface area contributed by atoms with Crippen molar-refractivity contribution in [2.45, 2.75) is 25.9 Å². The van der Waals surface area contributed by atoms with Gasteiger partial charge in [-0.25, -0.2) is 0 Å². The van der Waals surface area contributed by atoms with Crippen molar-refractivity contribution in [1.82, 2.24) is 15.1 Å². The van der Waals surface area contributed by atoms with Crippen LogP contribution in [0.3, 0.4) is 0 Å². The van der Waals surface area contributed by atoms with Crippen molar-refractivity contribution in [1.29, 1.82) is 0 Å². The van der Waals surface area contributed by atoms with Crippen LogP contribution in [0.25, 0.3) is 0 Å². The first-order valence-corrected chi connectivity index (χ1v) is 6.05. The van der Waals surface area contributed by atoms with E-state index in [9.17, 15) is 0 Å². The van der Waals surface area contributed by atoms with E-state index in [2.05, 4.69) is 17.3 Å². The lowest BCUT2D eigenvalue weighted by Gasteiger charge is -2.29. The standard InChI is InChI=1S/C12H21N3O/c1-10-3-5-13-8-12(10)16-6-4-11-7-14-15(2)9-11/h7,9-10,12-13H,3-6,8H2,1-2H3. The van der Waals surface area contributed by atoms with Gasteiger partial charge in [0.05, 0.1) is 18.9 Å². The predicted octanol–water partition coefficient (Wildman–Crippen LogP) is 0.977. The van der Waals surface area contributed by atoms with Crippen LogP contribution in [-0.4, -0.2) is 35.6 Å². The fourth-order valence-electron chi connectivity index (χ4n) is 2.11. The van der Waals surface area contributed by atoms with Gasteiger partial charge < -0.3 is 10.1 Å². The molecule has 0 aromatic carbocycles. The van der Waals surface area contributed by atoms with Gasteiger partial charge in [0.1, 0.15) is 0 Å². The Labute approximate surface area is 97.0 Å². The van der Waals surface area contributed by atoms with Gasteiger partial charge in [0.2, 0.25) is 0 Å². The third-order valence-corrected chi connectivity index (χ3v) is 3.24. The molecule has 2 heterocycles. The molecule has 2 rings (SSSR count). The second-order valence-electron chi connectivity index (χ2n) is 4.65. The van der Waals surface area contributed by atoms with Gasteiger partial charge >= 0.3 is 0 Å². The molecule has 0 aliphatic carbocycles. The smallest absolute Gasteiger partial charge is 0.0725 e. The van der Waals surface area contributed by atoms with E-state index in [1.54, 1.807) is 0 Å². The molecule has 1 aromatic heterocycles. The molecular formula is C12H21N3O. The zero-order chi connectivity index (χ0) is 11.4. The fraction of sp³-hybridized carbons (Fsp3) is 0.750. The van der Waals surface area contributed by atoms with Gasteiger partial charge in [-0.2, -0.15) is 5.10 Å². The number of piperidine rings is 1. The summed E-state index contributed by atoms with van der Waals surface area (Å²) >= 11 is 0. The Morgan fingerprint density at radius 3 is 3.19 bits per heavy atom. The summed E-state index contributed by atoms with van der Waals surface area (Å²) in [5, 5.41) is 7.52. The largest absolute Gasteiger partial charge is 0.376 e. The van der Waals surface area contributed by atoms with Crippen molar-refractivity contribution in [2.24, 2.45) is 13.0 Å². The van der Waals surface area contributed by atoms with Gasteiger partial charge in [-0.15, -0.1) is 0 Å². The number of aromatic nitrogens is 2. The maximum absolute atomic E-state index is 5.91. The third kappa shape index (κ3) is 3.06. The lowest BCUT2D eigenvalue weighted by Crippen LogP contribution is -2.41. The van der Waals surface area contributed by atoms with E-state index in [0.717, 1.165) is 26.1 Å². The van der Waals surface area contributed by atoms with Gasteiger partial charge in [0, 0.05) is 19.8 Å². The lowest BCUT2D eigenvalue weighted by molar-refractivity contribution is 0.00576. The maximum Gasteiger partial charge on any atom is 0.0725 e. The first kappa shape index (κ1) is 11.6. The summed E-state index contributed by atoms with van der Waals surface area (Å²) in [4.78, 5) is 0. The highest BCUT2D eigenvalue weighted by atomic mass is 16.5. The van der Waals surface area contributed by atoms with Crippen molar-refractivity contribution in [2.75, 3.05) is 19.7 Å². The van der Waals surface area contributed by atoms with Crippen molar-refractivity contribution in [3.8, 4) is 0 Å². The van der Waals surface area contributed by atoms with Gasteiger partial charge in [-0.3, -0.25) is 4.68 Å². The Hall–Kier alpha value is -0.870. The van der Waals surface area contributed by atoms with Crippen LogP contribution < -0.4 is 5.32 Å². The van der Waals surface area contributed by atoms with Crippen LogP contribution in [-0.2, 0) is 18.2 Å². The Balaban J connectivity index is 1.71. The first-order valence-electron chi connectivity index (χ1n) is 6.05. The number of hydrogen-bond donors (Lipinski definition) is 1. The number of hydrogen-bond acceptors (Lipinski definition) is 3. The van der Waals surface area contributed by atoms with Crippen molar-refractivity contribution >= 4 is 0 Å². The summed E-state index contributed by atoms with van der Waals surface area (Å²) in [6, 6.07) is 0. The molecule has 1 N–H and O–H groups in total. The Kier molecular flexibility index (Phi) is 3.96. The average Bonchev–Trinajstić information content (AvgIpc) is 2.67. The van der Waals surface area contributed by atoms with Crippen LogP contribution >= 0.6 is 0 Å². The van der Waals surface area contributed by atoms with Crippen LogP contribution in [0, 0.1) is 5.92 Å². The quantitative estimate of drug-likeness (QED) is 0.827. The SMILES string of the molecule is CC1CCNCC1OCCc1cnn(C)c1. The highest BCUT2D eigenvalue weighted by molar-refractivity contribution is 5.03. The molecule has 0 radical (unpaired) electrons. The van der Waals surface area contributed by atoms with Crippen LogP contribution in [0.2, 0.25) is 0 Å². The van der Waals surface area contributed by atoms with Crippen molar-refractivity contribution in [3.05, 3.63) is 18.0 Å². The number of ether oxygens (including phenoxy) is 1. The normalized spacial score (nSPS) is 25.9. The summed E-state index contributed by atoms with van der Waals surface area (Å²) in [5.74, 6) is 0.676. The predicted molar refractivity (Wildman–Crippen MR) is 63.3 cm³/mol.